The van der Waals surface area contributed by atoms with Gasteiger partial charge in [0, 0.05) is 47.7 Å². The molecule has 0 spiro atoms. The predicted octanol–water partition coefficient (Wildman–Crippen LogP) is 5.56. The molecule has 14 heteroatoms. The van der Waals surface area contributed by atoms with Gasteiger partial charge in [0.05, 0.1) is 17.3 Å². The minimum Gasteiger partial charge on any atom is -0.494 e. The molecule has 0 saturated heterocycles. The van der Waals surface area contributed by atoms with Gasteiger partial charge in [-0.25, -0.2) is 13.4 Å². The Hall–Kier alpha value is -5.56. The van der Waals surface area contributed by atoms with Gasteiger partial charge in [-0.15, -0.1) is 0 Å². The van der Waals surface area contributed by atoms with Crippen molar-refractivity contribution in [2.75, 3.05) is 25.8 Å². The highest BCUT2D eigenvalue weighted by Gasteiger charge is 2.54. The second-order valence-corrected chi connectivity index (χ2v) is 13.4. The average Bonchev–Trinajstić information content (AvgIpc) is 3.76. The summed E-state index contributed by atoms with van der Waals surface area (Å²) in [6, 6.07) is 26.8. The fourth-order valence-electron chi connectivity index (χ4n) is 5.62. The van der Waals surface area contributed by atoms with Crippen molar-refractivity contribution in [1.29, 1.82) is 0 Å². The Morgan fingerprint density at radius 1 is 1.02 bits per heavy atom. The molecule has 252 valence electrons. The third-order valence-electron chi connectivity index (χ3n) is 8.15. The zero-order valence-corrected chi connectivity index (χ0v) is 27.1. The quantitative estimate of drug-likeness (QED) is 0.0750. The summed E-state index contributed by atoms with van der Waals surface area (Å²) in [5.74, 6) is 0.765. The van der Waals surface area contributed by atoms with Crippen LogP contribution in [-0.2, 0) is 25.9 Å². The maximum atomic E-state index is 14.6. The second-order valence-electron chi connectivity index (χ2n) is 11.3. The van der Waals surface area contributed by atoms with E-state index in [4.69, 9.17) is 29.0 Å². The number of nitrogens with one attached hydrogen (secondary N) is 1. The predicted molar refractivity (Wildman–Crippen MR) is 180 cm³/mol. The summed E-state index contributed by atoms with van der Waals surface area (Å²) in [4.78, 5) is 22.5. The highest BCUT2D eigenvalue weighted by molar-refractivity contribution is 7.91. The second kappa shape index (κ2) is 14.7. The zero-order chi connectivity index (χ0) is 34.3. The number of aliphatic hydroxyl groups is 1. The molecule has 1 amide bonds. The van der Waals surface area contributed by atoms with Crippen molar-refractivity contribution in [2.45, 2.75) is 35.9 Å². The van der Waals surface area contributed by atoms with Gasteiger partial charge in [-0.2, -0.15) is 0 Å². The third-order valence-corrected chi connectivity index (χ3v) is 9.88. The van der Waals surface area contributed by atoms with E-state index in [0.717, 1.165) is 5.56 Å². The summed E-state index contributed by atoms with van der Waals surface area (Å²) in [6.45, 7) is 0.494. The van der Waals surface area contributed by atoms with Crippen LogP contribution in [-0.4, -0.2) is 56.6 Å². The van der Waals surface area contributed by atoms with Crippen LogP contribution in [0.1, 0.15) is 35.6 Å². The van der Waals surface area contributed by atoms with Crippen molar-refractivity contribution in [2.24, 2.45) is 10.1 Å². The van der Waals surface area contributed by atoms with Gasteiger partial charge < -0.3 is 29.4 Å². The number of carbonyl (C=O) groups excluding carboxylic acids is 1. The Morgan fingerprint density at radius 2 is 1.78 bits per heavy atom. The highest BCUT2D eigenvalue weighted by atomic mass is 32.2. The normalized spacial score (nSPS) is 17.8. The van der Waals surface area contributed by atoms with Gasteiger partial charge in [0.15, 0.2) is 33.0 Å². The standard InChI is InChI=1S/C35H33N5O8S/c36-40-39-29-10-5-4-9-28(29)32-35(17-20-49(43,44)27-7-2-1-3-8-27,34(42)37-22-24-11-16-30-31(21-24)47-23-46-30)38-33(48-32)25-12-14-26(15-13-25)45-19-6-18-41/h1-5,7-16,21,32,41H,6,17-20,22-23H2,(H,37,42)/t32-,35-/m1/s1. The molecule has 4 aromatic carbocycles. The lowest BCUT2D eigenvalue weighted by Gasteiger charge is -2.31. The van der Waals surface area contributed by atoms with Crippen LogP contribution in [0.2, 0.25) is 0 Å². The smallest absolute Gasteiger partial charge is 0.252 e. The number of fused-ring (bicyclic) bond motifs is 1. The Labute approximate surface area is 282 Å². The number of aliphatic hydroxyl groups excluding tert-OH is 1. The molecule has 0 radical (unpaired) electrons. The van der Waals surface area contributed by atoms with Gasteiger partial charge >= 0.3 is 0 Å². The first-order chi connectivity index (χ1) is 23.8. The molecule has 2 N–H and O–H groups in total. The number of nitrogens with zero attached hydrogens (tertiary/aromatic N) is 4. The SMILES string of the molecule is [N-]=[N+]=Nc1ccccc1[C@H]1OC(c2ccc(OCCCO)cc2)=N[C@@]1(CCS(=O)(=O)c1ccccc1)C(=O)NCc1ccc2c(c1)OCO2. The van der Waals surface area contributed by atoms with Crippen LogP contribution in [0, 0.1) is 0 Å². The lowest BCUT2D eigenvalue weighted by atomic mass is 9.84. The highest BCUT2D eigenvalue weighted by Crippen LogP contribution is 2.46. The molecule has 0 bridgehead atoms. The first-order valence-corrected chi connectivity index (χ1v) is 17.2. The van der Waals surface area contributed by atoms with Crippen LogP contribution in [0.15, 0.2) is 112 Å². The van der Waals surface area contributed by atoms with Gasteiger partial charge in [0.25, 0.3) is 5.91 Å². The maximum Gasteiger partial charge on any atom is 0.252 e. The van der Waals surface area contributed by atoms with Gasteiger partial charge in [0.1, 0.15) is 5.75 Å². The summed E-state index contributed by atoms with van der Waals surface area (Å²) in [6.07, 6.45) is -0.967. The molecular weight excluding hydrogens is 650 g/mol. The number of aliphatic imine (C=N–C) groups is 1. The molecule has 0 aromatic heterocycles. The molecule has 0 fully saturated rings. The van der Waals surface area contributed by atoms with Crippen LogP contribution in [0.25, 0.3) is 10.4 Å². The number of hydrogen-bond donors (Lipinski definition) is 2. The van der Waals surface area contributed by atoms with Crippen molar-refractivity contribution >= 4 is 27.3 Å². The van der Waals surface area contributed by atoms with E-state index >= 15 is 0 Å². The molecule has 49 heavy (non-hydrogen) atoms. The number of benzene rings is 4. The largest absolute Gasteiger partial charge is 0.494 e. The average molecular weight is 684 g/mol. The minimum atomic E-state index is -3.87. The van der Waals surface area contributed by atoms with Crippen LogP contribution in [0.5, 0.6) is 17.2 Å². The Kier molecular flexibility index (Phi) is 10.00. The van der Waals surface area contributed by atoms with E-state index in [-0.39, 0.29) is 42.8 Å². The van der Waals surface area contributed by atoms with Crippen molar-refractivity contribution in [1.82, 2.24) is 5.32 Å². The Morgan fingerprint density at radius 3 is 2.55 bits per heavy atom. The van der Waals surface area contributed by atoms with Gasteiger partial charge in [-0.3, -0.25) is 4.79 Å². The number of azide groups is 1. The van der Waals surface area contributed by atoms with E-state index < -0.39 is 33.1 Å². The number of carbonyl (C=O) groups is 1. The summed E-state index contributed by atoms with van der Waals surface area (Å²) in [7, 11) is -3.87. The topological polar surface area (TPSA) is 182 Å². The van der Waals surface area contributed by atoms with Crippen molar-refractivity contribution in [3.05, 3.63) is 124 Å². The lowest BCUT2D eigenvalue weighted by Crippen LogP contribution is -2.49. The van der Waals surface area contributed by atoms with E-state index in [1.54, 1.807) is 84.9 Å². The number of hydrogen-bond acceptors (Lipinski definition) is 10. The fraction of sp³-hybridized carbons (Fsp3) is 0.257. The first-order valence-electron chi connectivity index (χ1n) is 15.5. The van der Waals surface area contributed by atoms with Crippen LogP contribution >= 0.6 is 0 Å². The van der Waals surface area contributed by atoms with Gasteiger partial charge in [-0.05, 0) is 59.6 Å². The van der Waals surface area contributed by atoms with E-state index in [1.807, 2.05) is 0 Å². The zero-order valence-electron chi connectivity index (χ0n) is 26.3. The lowest BCUT2D eigenvalue weighted by molar-refractivity contribution is -0.129. The molecule has 13 nitrogen and oxygen atoms in total. The Balaban J connectivity index is 1.41. The minimum absolute atomic E-state index is 0.000242. The number of sulfone groups is 1. The van der Waals surface area contributed by atoms with Crippen LogP contribution in [0.4, 0.5) is 5.69 Å². The summed E-state index contributed by atoms with van der Waals surface area (Å²) >= 11 is 0. The van der Waals surface area contributed by atoms with Gasteiger partial charge in [0.2, 0.25) is 12.7 Å². The molecular formula is C35H33N5O8S. The van der Waals surface area contributed by atoms with E-state index in [2.05, 4.69) is 15.3 Å². The number of amides is 1. The molecule has 2 aliphatic rings. The van der Waals surface area contributed by atoms with E-state index in [0.29, 0.717) is 41.4 Å². The molecule has 0 aliphatic carbocycles. The fourth-order valence-corrected chi connectivity index (χ4v) is 7.01. The van der Waals surface area contributed by atoms with Gasteiger partial charge in [-0.1, -0.05) is 53.6 Å². The first kappa shape index (κ1) is 33.3. The summed E-state index contributed by atoms with van der Waals surface area (Å²) in [5, 5.41) is 15.9. The Bertz CT molecular complexity index is 2000. The molecule has 2 heterocycles. The van der Waals surface area contributed by atoms with Crippen LogP contribution in [0.3, 0.4) is 0 Å². The summed E-state index contributed by atoms with van der Waals surface area (Å²) in [5.41, 5.74) is 9.34. The summed E-state index contributed by atoms with van der Waals surface area (Å²) < 4.78 is 50.3. The molecule has 4 aromatic rings. The van der Waals surface area contributed by atoms with Crippen molar-refractivity contribution in [3.63, 3.8) is 0 Å². The third kappa shape index (κ3) is 7.31. The van der Waals surface area contributed by atoms with E-state index in [9.17, 15) is 18.7 Å². The van der Waals surface area contributed by atoms with Crippen LogP contribution < -0.4 is 19.5 Å². The van der Waals surface area contributed by atoms with Crippen molar-refractivity contribution < 1.29 is 37.3 Å². The molecule has 0 saturated carbocycles. The van der Waals surface area contributed by atoms with E-state index in [1.165, 1.54) is 12.1 Å². The van der Waals surface area contributed by atoms with Crippen molar-refractivity contribution in [3.8, 4) is 17.2 Å². The molecule has 2 aliphatic heterocycles. The molecule has 0 unspecified atom stereocenters. The monoisotopic (exact) mass is 683 g/mol. The molecule has 6 rings (SSSR count). The maximum absolute atomic E-state index is 14.6. The molecule has 2 atom stereocenters. The number of ether oxygens (including phenoxy) is 4. The number of rotatable bonds is 14.